The van der Waals surface area contributed by atoms with Crippen LogP contribution in [0.25, 0.3) is 0 Å². The number of rotatable bonds is 1. The van der Waals surface area contributed by atoms with Crippen LogP contribution in [0.4, 0.5) is 0 Å². The van der Waals surface area contributed by atoms with Crippen LogP contribution in [0.15, 0.2) is 23.1 Å². The fourth-order valence-corrected chi connectivity index (χ4v) is 3.93. The van der Waals surface area contributed by atoms with Crippen LogP contribution in [0.3, 0.4) is 0 Å². The zero-order valence-electron chi connectivity index (χ0n) is 13.0. The highest BCUT2D eigenvalue weighted by molar-refractivity contribution is 7.89. The summed E-state index contributed by atoms with van der Waals surface area (Å²) in [6.45, 7) is 8.39. The van der Waals surface area contributed by atoms with Crippen LogP contribution in [0.5, 0.6) is 0 Å². The highest BCUT2D eigenvalue weighted by Crippen LogP contribution is 2.37. The predicted octanol–water partition coefficient (Wildman–Crippen LogP) is 1.12. The second-order valence-corrected chi connectivity index (χ2v) is 8.73. The Bertz CT molecular complexity index is 683. The molecule has 0 saturated carbocycles. The van der Waals surface area contributed by atoms with Gasteiger partial charge in [0.05, 0.1) is 16.1 Å². The molecule has 114 valence electrons. The molecule has 0 radical (unpaired) electrons. The van der Waals surface area contributed by atoms with E-state index in [4.69, 9.17) is 9.31 Å². The summed E-state index contributed by atoms with van der Waals surface area (Å²) in [6.07, 6.45) is 0. The lowest BCUT2D eigenvalue weighted by atomic mass is 9.78. The van der Waals surface area contributed by atoms with Gasteiger partial charge in [0.2, 0.25) is 10.0 Å². The van der Waals surface area contributed by atoms with E-state index in [1.165, 1.54) is 4.31 Å². The summed E-state index contributed by atoms with van der Waals surface area (Å²) in [5.74, 6) is 0. The molecule has 1 fully saturated rings. The first kappa shape index (κ1) is 15.0. The van der Waals surface area contributed by atoms with Gasteiger partial charge in [0, 0.05) is 13.6 Å². The number of hydrogen-bond acceptors (Lipinski definition) is 4. The van der Waals surface area contributed by atoms with Crippen LogP contribution < -0.4 is 5.46 Å². The summed E-state index contributed by atoms with van der Waals surface area (Å²) in [5, 5.41) is 0. The number of nitrogens with zero attached hydrogens (tertiary/aromatic N) is 1. The lowest BCUT2D eigenvalue weighted by Crippen LogP contribution is -2.41. The van der Waals surface area contributed by atoms with Gasteiger partial charge in [-0.2, -0.15) is 4.31 Å². The normalized spacial score (nSPS) is 26.0. The maximum atomic E-state index is 12.1. The third kappa shape index (κ3) is 2.14. The summed E-state index contributed by atoms with van der Waals surface area (Å²) in [6, 6.07) is 5.30. The molecule has 0 N–H and O–H groups in total. The number of sulfonamides is 1. The lowest BCUT2D eigenvalue weighted by molar-refractivity contribution is 0.00578. The molecule has 0 spiro atoms. The van der Waals surface area contributed by atoms with Crippen molar-refractivity contribution in [3.8, 4) is 0 Å². The van der Waals surface area contributed by atoms with Crippen molar-refractivity contribution in [2.24, 2.45) is 0 Å². The second-order valence-electron chi connectivity index (χ2n) is 6.72. The van der Waals surface area contributed by atoms with E-state index < -0.39 is 28.3 Å². The molecule has 1 aromatic rings. The molecule has 1 saturated heterocycles. The van der Waals surface area contributed by atoms with E-state index in [-0.39, 0.29) is 0 Å². The Balaban J connectivity index is 1.96. The molecule has 0 amide bonds. The zero-order chi connectivity index (χ0) is 15.6. The van der Waals surface area contributed by atoms with Crippen molar-refractivity contribution in [3.63, 3.8) is 0 Å². The fraction of sp³-hybridized carbons (Fsp3) is 0.571. The van der Waals surface area contributed by atoms with Crippen LogP contribution in [0, 0.1) is 0 Å². The first-order valence-electron chi connectivity index (χ1n) is 6.99. The van der Waals surface area contributed by atoms with Crippen LogP contribution in [-0.2, 0) is 25.9 Å². The molecule has 5 nitrogen and oxygen atoms in total. The van der Waals surface area contributed by atoms with Crippen LogP contribution in [0.2, 0.25) is 0 Å². The molecule has 0 aliphatic carbocycles. The Morgan fingerprint density at radius 1 is 1.14 bits per heavy atom. The zero-order valence-corrected chi connectivity index (χ0v) is 13.8. The van der Waals surface area contributed by atoms with E-state index in [9.17, 15) is 8.42 Å². The van der Waals surface area contributed by atoms with Gasteiger partial charge in [0.15, 0.2) is 0 Å². The Labute approximate surface area is 126 Å². The molecule has 0 bridgehead atoms. The van der Waals surface area contributed by atoms with Crippen LogP contribution in [-0.4, -0.2) is 38.1 Å². The molecular weight excluding hydrogens is 289 g/mol. The van der Waals surface area contributed by atoms with Crippen molar-refractivity contribution in [1.82, 2.24) is 4.31 Å². The topological polar surface area (TPSA) is 55.8 Å². The second kappa shape index (κ2) is 4.32. The summed E-state index contributed by atoms with van der Waals surface area (Å²) < 4.78 is 37.5. The first-order chi connectivity index (χ1) is 9.54. The van der Waals surface area contributed by atoms with Crippen molar-refractivity contribution < 1.29 is 17.7 Å². The van der Waals surface area contributed by atoms with Gasteiger partial charge in [-0.05, 0) is 44.8 Å². The van der Waals surface area contributed by atoms with Gasteiger partial charge in [-0.1, -0.05) is 12.1 Å². The summed E-state index contributed by atoms with van der Waals surface area (Å²) in [5.41, 5.74) is 0.849. The molecule has 0 unspecified atom stereocenters. The molecule has 1 aromatic carbocycles. The van der Waals surface area contributed by atoms with Gasteiger partial charge >= 0.3 is 7.12 Å². The van der Waals surface area contributed by atoms with Crippen molar-refractivity contribution in [3.05, 3.63) is 23.8 Å². The maximum Gasteiger partial charge on any atom is 0.494 e. The molecule has 2 aliphatic rings. The van der Waals surface area contributed by atoms with Gasteiger partial charge in [-0.25, -0.2) is 8.42 Å². The minimum Gasteiger partial charge on any atom is -0.399 e. The van der Waals surface area contributed by atoms with Crippen molar-refractivity contribution in [2.75, 3.05) is 7.05 Å². The van der Waals surface area contributed by atoms with E-state index in [1.807, 2.05) is 33.8 Å². The Morgan fingerprint density at radius 3 is 2.29 bits per heavy atom. The maximum absolute atomic E-state index is 12.1. The van der Waals surface area contributed by atoms with E-state index in [2.05, 4.69) is 0 Å². The quantitative estimate of drug-likeness (QED) is 0.730. The molecule has 21 heavy (non-hydrogen) atoms. The SMILES string of the molecule is CN1Cc2cc(B3OC(C)(C)C(C)(C)O3)ccc2S1(=O)=O. The molecule has 0 atom stereocenters. The molecule has 3 rings (SSSR count). The van der Waals surface area contributed by atoms with Crippen LogP contribution in [0.1, 0.15) is 33.3 Å². The predicted molar refractivity (Wildman–Crippen MR) is 80.8 cm³/mol. The van der Waals surface area contributed by atoms with Gasteiger partial charge in [0.25, 0.3) is 0 Å². The van der Waals surface area contributed by atoms with E-state index in [0.29, 0.717) is 11.4 Å². The smallest absolute Gasteiger partial charge is 0.399 e. The summed E-state index contributed by atoms with van der Waals surface area (Å²) >= 11 is 0. The van der Waals surface area contributed by atoms with Gasteiger partial charge in [-0.3, -0.25) is 0 Å². The fourth-order valence-electron chi connectivity index (χ4n) is 2.59. The molecule has 2 heterocycles. The van der Waals surface area contributed by atoms with E-state index in [1.54, 1.807) is 19.2 Å². The van der Waals surface area contributed by atoms with E-state index in [0.717, 1.165) is 11.0 Å². The first-order valence-corrected chi connectivity index (χ1v) is 8.43. The highest BCUT2D eigenvalue weighted by atomic mass is 32.2. The monoisotopic (exact) mass is 309 g/mol. The molecule has 7 heteroatoms. The van der Waals surface area contributed by atoms with Gasteiger partial charge in [0.1, 0.15) is 0 Å². The van der Waals surface area contributed by atoms with Gasteiger partial charge < -0.3 is 9.31 Å². The highest BCUT2D eigenvalue weighted by Gasteiger charge is 2.52. The van der Waals surface area contributed by atoms with Gasteiger partial charge in [-0.15, -0.1) is 0 Å². The standard InChI is InChI=1S/C14H20BNO4S/c1-13(2)14(3,4)20-15(19-13)11-6-7-12-10(8-11)9-16(5)21(12,17)18/h6-8H,9H2,1-5H3. The number of benzene rings is 1. The molecular formula is C14H20BNO4S. The molecule has 0 aromatic heterocycles. The summed E-state index contributed by atoms with van der Waals surface area (Å²) in [7, 11) is -2.20. The minimum absolute atomic E-state index is 0.380. The Morgan fingerprint density at radius 2 is 1.71 bits per heavy atom. The average Bonchev–Trinajstić information content (AvgIpc) is 2.70. The average molecular weight is 309 g/mol. The van der Waals surface area contributed by atoms with Crippen molar-refractivity contribution in [1.29, 1.82) is 0 Å². The lowest BCUT2D eigenvalue weighted by Gasteiger charge is -2.32. The Hall–Kier alpha value is -0.885. The summed E-state index contributed by atoms with van der Waals surface area (Å²) in [4.78, 5) is 0.380. The number of fused-ring (bicyclic) bond motifs is 1. The van der Waals surface area contributed by atoms with Crippen molar-refractivity contribution in [2.45, 2.75) is 50.3 Å². The van der Waals surface area contributed by atoms with Crippen LogP contribution >= 0.6 is 0 Å². The molecule has 2 aliphatic heterocycles. The Kier molecular flexibility index (Phi) is 3.09. The van der Waals surface area contributed by atoms with Crippen molar-refractivity contribution >= 4 is 22.6 Å². The minimum atomic E-state index is -3.32. The van der Waals surface area contributed by atoms with E-state index >= 15 is 0 Å². The third-order valence-corrected chi connectivity index (χ3v) is 6.60. The number of hydrogen-bond donors (Lipinski definition) is 0. The largest absolute Gasteiger partial charge is 0.494 e. The third-order valence-electron chi connectivity index (χ3n) is 4.69.